The van der Waals surface area contributed by atoms with E-state index in [2.05, 4.69) is 18.9 Å². The third-order valence-corrected chi connectivity index (χ3v) is 2.64. The van der Waals surface area contributed by atoms with Crippen molar-refractivity contribution in [3.63, 3.8) is 0 Å². The average molecular weight is 189 g/mol. The van der Waals surface area contributed by atoms with Crippen molar-refractivity contribution >= 4 is 0 Å². The van der Waals surface area contributed by atoms with Gasteiger partial charge in [-0.25, -0.2) is 0 Å². The van der Waals surface area contributed by atoms with E-state index >= 15 is 0 Å². The van der Waals surface area contributed by atoms with Crippen molar-refractivity contribution in [1.29, 1.82) is 0 Å². The Labute approximate surface area is 80.0 Å². The molecule has 0 radical (unpaired) electrons. The van der Waals surface area contributed by atoms with E-state index in [0.717, 1.165) is 30.8 Å². The topological polar surface area (TPSA) is 43.7 Å². The molecule has 1 saturated heterocycles. The molecule has 1 atom stereocenters. The predicted molar refractivity (Wildman–Crippen MR) is 50.9 cm³/mol. The van der Waals surface area contributed by atoms with Crippen molar-refractivity contribution in [1.82, 2.24) is 4.90 Å². The number of rotatable bonds is 4. The largest absolute Gasteiger partial charge is 0.364 e. The molecule has 1 aliphatic rings. The zero-order valence-electron chi connectivity index (χ0n) is 8.61. The molecule has 13 heavy (non-hydrogen) atoms. The molecular weight excluding hydrogens is 168 g/mol. The highest BCUT2D eigenvalue weighted by Gasteiger charge is 2.33. The van der Waals surface area contributed by atoms with Crippen molar-refractivity contribution in [2.45, 2.75) is 19.6 Å². The van der Waals surface area contributed by atoms with Crippen molar-refractivity contribution in [2.24, 2.45) is 0 Å². The molecule has 1 rings (SSSR count). The first-order valence-electron chi connectivity index (χ1n) is 4.98. The third kappa shape index (κ3) is 3.23. The van der Waals surface area contributed by atoms with Crippen LogP contribution in [0.4, 0.5) is 0 Å². The second-order valence-corrected chi connectivity index (χ2v) is 4.27. The van der Waals surface area contributed by atoms with E-state index in [4.69, 9.17) is 10.2 Å². The van der Waals surface area contributed by atoms with Crippen LogP contribution in [0.5, 0.6) is 0 Å². The Morgan fingerprint density at radius 1 is 1.46 bits per heavy atom. The highest BCUT2D eigenvalue weighted by Crippen LogP contribution is 2.13. The SMILES string of the molecule is CCCN1CC[N+](C)(CC(O)O)C1. The maximum absolute atomic E-state index is 8.92. The van der Waals surface area contributed by atoms with Crippen molar-refractivity contribution in [3.05, 3.63) is 0 Å². The average Bonchev–Trinajstić information content (AvgIpc) is 2.31. The van der Waals surface area contributed by atoms with Gasteiger partial charge >= 0.3 is 0 Å². The lowest BCUT2D eigenvalue weighted by Crippen LogP contribution is -2.48. The molecule has 1 heterocycles. The van der Waals surface area contributed by atoms with Gasteiger partial charge in [0.05, 0.1) is 20.1 Å². The quantitative estimate of drug-likeness (QED) is 0.460. The molecule has 0 aromatic heterocycles. The zero-order valence-corrected chi connectivity index (χ0v) is 8.61. The van der Waals surface area contributed by atoms with Crippen LogP contribution in [0, 0.1) is 0 Å². The number of likely N-dealkylation sites (N-methyl/N-ethyl adjacent to an activating group) is 1. The van der Waals surface area contributed by atoms with E-state index < -0.39 is 6.29 Å². The maximum atomic E-state index is 8.92. The normalized spacial score (nSPS) is 30.2. The first kappa shape index (κ1) is 10.9. The fraction of sp³-hybridized carbons (Fsp3) is 1.00. The molecule has 1 fully saturated rings. The zero-order chi connectivity index (χ0) is 9.90. The van der Waals surface area contributed by atoms with Crippen LogP contribution in [0.3, 0.4) is 0 Å². The smallest absolute Gasteiger partial charge is 0.202 e. The summed E-state index contributed by atoms with van der Waals surface area (Å²) in [5, 5.41) is 17.8. The molecule has 1 unspecified atom stereocenters. The molecule has 0 spiro atoms. The Kier molecular flexibility index (Phi) is 3.67. The molecule has 4 nitrogen and oxygen atoms in total. The summed E-state index contributed by atoms with van der Waals surface area (Å²) < 4.78 is 0.762. The van der Waals surface area contributed by atoms with Gasteiger partial charge in [0.1, 0.15) is 13.2 Å². The summed E-state index contributed by atoms with van der Waals surface area (Å²) in [7, 11) is 2.08. The van der Waals surface area contributed by atoms with Gasteiger partial charge in [-0.3, -0.25) is 4.90 Å². The van der Waals surface area contributed by atoms with Gasteiger partial charge in [0, 0.05) is 6.54 Å². The highest BCUT2D eigenvalue weighted by molar-refractivity contribution is 4.60. The lowest BCUT2D eigenvalue weighted by atomic mass is 10.4. The van der Waals surface area contributed by atoms with Gasteiger partial charge in [0.15, 0.2) is 0 Å². The van der Waals surface area contributed by atoms with Gasteiger partial charge in [-0.1, -0.05) is 6.92 Å². The number of aliphatic hydroxyl groups excluding tert-OH is 1. The molecule has 0 aromatic rings. The Balaban J connectivity index is 2.37. The second-order valence-electron chi connectivity index (χ2n) is 4.27. The van der Waals surface area contributed by atoms with Crippen molar-refractivity contribution < 1.29 is 14.7 Å². The van der Waals surface area contributed by atoms with Gasteiger partial charge < -0.3 is 14.7 Å². The Hall–Kier alpha value is -0.160. The van der Waals surface area contributed by atoms with Crippen LogP contribution >= 0.6 is 0 Å². The molecule has 0 aromatic carbocycles. The Morgan fingerprint density at radius 2 is 2.15 bits per heavy atom. The number of hydrogen-bond acceptors (Lipinski definition) is 3. The van der Waals surface area contributed by atoms with E-state index in [1.807, 2.05) is 0 Å². The number of nitrogens with zero attached hydrogens (tertiary/aromatic N) is 2. The molecular formula is C9H21N2O2+. The summed E-state index contributed by atoms with van der Waals surface area (Å²) in [4.78, 5) is 2.38. The summed E-state index contributed by atoms with van der Waals surface area (Å²) in [5.74, 6) is 0. The molecule has 4 heteroatoms. The van der Waals surface area contributed by atoms with E-state index in [0.29, 0.717) is 6.54 Å². The number of hydrogen-bond donors (Lipinski definition) is 2. The molecule has 0 bridgehead atoms. The molecule has 78 valence electrons. The summed E-state index contributed by atoms with van der Waals surface area (Å²) in [5.41, 5.74) is 0. The minimum absolute atomic E-state index is 0.445. The maximum Gasteiger partial charge on any atom is 0.202 e. The number of quaternary nitrogens is 1. The standard InChI is InChI=1S/C9H21N2O2/c1-3-4-10-5-6-11(2,8-10)7-9(12)13/h9,12-13H,3-8H2,1-2H3/q+1. The minimum atomic E-state index is -1.17. The van der Waals surface area contributed by atoms with Crippen LogP contribution in [0.15, 0.2) is 0 Å². The van der Waals surface area contributed by atoms with Crippen LogP contribution in [-0.4, -0.2) is 65.8 Å². The molecule has 0 saturated carbocycles. The number of aliphatic hydroxyl groups is 2. The van der Waals surface area contributed by atoms with E-state index in [1.165, 1.54) is 6.42 Å². The molecule has 0 aliphatic carbocycles. The molecule has 0 amide bonds. The minimum Gasteiger partial charge on any atom is -0.364 e. The second kappa shape index (κ2) is 4.37. The van der Waals surface area contributed by atoms with Gasteiger partial charge in [-0.15, -0.1) is 0 Å². The first-order valence-corrected chi connectivity index (χ1v) is 4.98. The van der Waals surface area contributed by atoms with E-state index in [-0.39, 0.29) is 0 Å². The van der Waals surface area contributed by atoms with Crippen LogP contribution < -0.4 is 0 Å². The first-order chi connectivity index (χ1) is 6.06. The predicted octanol–water partition coefficient (Wildman–Crippen LogP) is -0.573. The van der Waals surface area contributed by atoms with E-state index in [1.54, 1.807) is 0 Å². The van der Waals surface area contributed by atoms with Crippen LogP contribution in [-0.2, 0) is 0 Å². The highest BCUT2D eigenvalue weighted by atomic mass is 16.5. The van der Waals surface area contributed by atoms with Crippen LogP contribution in [0.25, 0.3) is 0 Å². The van der Waals surface area contributed by atoms with Crippen molar-refractivity contribution in [2.75, 3.05) is 39.9 Å². The van der Waals surface area contributed by atoms with Crippen molar-refractivity contribution in [3.8, 4) is 0 Å². The van der Waals surface area contributed by atoms with Crippen LogP contribution in [0.2, 0.25) is 0 Å². The Morgan fingerprint density at radius 3 is 2.69 bits per heavy atom. The summed E-state index contributed by atoms with van der Waals surface area (Å²) in [6.07, 6.45) is -0.00613. The van der Waals surface area contributed by atoms with Crippen LogP contribution in [0.1, 0.15) is 13.3 Å². The van der Waals surface area contributed by atoms with Gasteiger partial charge in [0.2, 0.25) is 6.29 Å². The molecule has 2 N–H and O–H groups in total. The third-order valence-electron chi connectivity index (χ3n) is 2.64. The lowest BCUT2D eigenvalue weighted by Gasteiger charge is -2.29. The van der Waals surface area contributed by atoms with Gasteiger partial charge in [-0.05, 0) is 6.42 Å². The Bertz CT molecular complexity index is 164. The summed E-state index contributed by atoms with van der Waals surface area (Å²) in [6, 6.07) is 0. The van der Waals surface area contributed by atoms with E-state index in [9.17, 15) is 0 Å². The fourth-order valence-corrected chi connectivity index (χ4v) is 2.05. The fourth-order valence-electron chi connectivity index (χ4n) is 2.05. The van der Waals surface area contributed by atoms with Gasteiger partial charge in [-0.2, -0.15) is 0 Å². The lowest BCUT2D eigenvalue weighted by molar-refractivity contribution is -0.907. The monoisotopic (exact) mass is 189 g/mol. The van der Waals surface area contributed by atoms with Gasteiger partial charge in [0.25, 0.3) is 0 Å². The summed E-state index contributed by atoms with van der Waals surface area (Å²) >= 11 is 0. The summed E-state index contributed by atoms with van der Waals surface area (Å²) in [6.45, 7) is 6.79. The molecule has 1 aliphatic heterocycles.